The highest BCUT2D eigenvalue weighted by Gasteiger charge is 2.12. The fourth-order valence-electron chi connectivity index (χ4n) is 1.59. The minimum atomic E-state index is -0.184. The number of rotatable bonds is 8. The van der Waals surface area contributed by atoms with Gasteiger partial charge in [0.25, 0.3) is 0 Å². The minimum Gasteiger partial charge on any atom is -0.491 e. The molecular weight excluding hydrogens is 230 g/mol. The summed E-state index contributed by atoms with van der Waals surface area (Å²) >= 11 is 0. The number of benzene rings is 1. The summed E-state index contributed by atoms with van der Waals surface area (Å²) in [5.74, 6) is 0.829. The maximum atomic E-state index is 6.11. The molecule has 1 rings (SSSR count). The topological polar surface area (TPSA) is 53.7 Å². The van der Waals surface area contributed by atoms with E-state index in [4.69, 9.17) is 19.9 Å². The van der Waals surface area contributed by atoms with Crippen LogP contribution in [0.5, 0.6) is 5.75 Å². The van der Waals surface area contributed by atoms with E-state index >= 15 is 0 Å². The summed E-state index contributed by atoms with van der Waals surface area (Å²) in [6.07, 6.45) is 0.132. The van der Waals surface area contributed by atoms with Crippen molar-refractivity contribution in [3.05, 3.63) is 29.8 Å². The lowest BCUT2D eigenvalue weighted by Crippen LogP contribution is -2.20. The smallest absolute Gasteiger partial charge is 0.124 e. The van der Waals surface area contributed by atoms with Crippen molar-refractivity contribution in [3.63, 3.8) is 0 Å². The second kappa shape index (κ2) is 8.08. The molecule has 1 aromatic carbocycles. The Labute approximate surface area is 109 Å². The van der Waals surface area contributed by atoms with Crippen LogP contribution in [0.25, 0.3) is 0 Å². The van der Waals surface area contributed by atoms with Crippen LogP contribution in [0, 0.1) is 0 Å². The molecule has 0 fully saturated rings. The van der Waals surface area contributed by atoms with Crippen molar-refractivity contribution in [2.45, 2.75) is 26.0 Å². The van der Waals surface area contributed by atoms with E-state index in [1.165, 1.54) is 0 Å². The normalized spacial score (nSPS) is 12.7. The lowest BCUT2D eigenvalue weighted by atomic mass is 10.1. The van der Waals surface area contributed by atoms with Crippen molar-refractivity contribution in [3.8, 4) is 5.75 Å². The molecule has 102 valence electrons. The van der Waals surface area contributed by atoms with Crippen molar-refractivity contribution in [2.24, 2.45) is 5.73 Å². The summed E-state index contributed by atoms with van der Waals surface area (Å²) in [6.45, 7) is 5.59. The van der Waals surface area contributed by atoms with Gasteiger partial charge < -0.3 is 19.9 Å². The van der Waals surface area contributed by atoms with Gasteiger partial charge in [-0.05, 0) is 19.9 Å². The van der Waals surface area contributed by atoms with Crippen LogP contribution in [0.15, 0.2) is 24.3 Å². The van der Waals surface area contributed by atoms with E-state index in [2.05, 4.69) is 0 Å². The molecular formula is C14H23NO3. The molecule has 1 aromatic rings. The molecule has 0 spiro atoms. The molecule has 1 atom stereocenters. The Balaban J connectivity index is 2.57. The van der Waals surface area contributed by atoms with Gasteiger partial charge in [0.05, 0.1) is 32.0 Å². The van der Waals surface area contributed by atoms with Crippen molar-refractivity contribution < 1.29 is 14.2 Å². The van der Waals surface area contributed by atoms with Crippen LogP contribution in [0.4, 0.5) is 0 Å². The van der Waals surface area contributed by atoms with Crippen LogP contribution in [-0.2, 0) is 9.47 Å². The van der Waals surface area contributed by atoms with Crippen LogP contribution < -0.4 is 10.5 Å². The predicted octanol–water partition coefficient (Wildman–Crippen LogP) is 2.14. The predicted molar refractivity (Wildman–Crippen MR) is 71.8 cm³/mol. The Morgan fingerprint density at radius 3 is 2.56 bits per heavy atom. The van der Waals surface area contributed by atoms with E-state index in [-0.39, 0.29) is 12.1 Å². The Kier molecular flexibility index (Phi) is 6.72. The largest absolute Gasteiger partial charge is 0.491 e. The molecule has 0 saturated carbocycles. The van der Waals surface area contributed by atoms with E-state index in [1.807, 2.05) is 38.1 Å². The van der Waals surface area contributed by atoms with Gasteiger partial charge in [0.15, 0.2) is 0 Å². The lowest BCUT2D eigenvalue weighted by molar-refractivity contribution is 0.0631. The van der Waals surface area contributed by atoms with Crippen molar-refractivity contribution in [1.82, 2.24) is 0 Å². The molecule has 0 radical (unpaired) electrons. The number of methoxy groups -OCH3 is 1. The van der Waals surface area contributed by atoms with Gasteiger partial charge in [0.2, 0.25) is 0 Å². The molecule has 2 N–H and O–H groups in total. The zero-order valence-corrected chi connectivity index (χ0v) is 11.4. The highest BCUT2D eigenvalue weighted by atomic mass is 16.5. The third-order valence-electron chi connectivity index (χ3n) is 2.41. The van der Waals surface area contributed by atoms with Crippen LogP contribution in [0.1, 0.15) is 25.5 Å². The Hall–Kier alpha value is -1.10. The first-order valence-electron chi connectivity index (χ1n) is 6.23. The van der Waals surface area contributed by atoms with Gasteiger partial charge in [-0.15, -0.1) is 0 Å². The van der Waals surface area contributed by atoms with Gasteiger partial charge in [-0.25, -0.2) is 0 Å². The number of hydrogen-bond acceptors (Lipinski definition) is 4. The average molecular weight is 253 g/mol. The second-order valence-electron chi connectivity index (χ2n) is 4.38. The molecule has 0 heterocycles. The first-order chi connectivity index (χ1) is 8.65. The van der Waals surface area contributed by atoms with Gasteiger partial charge in [0, 0.05) is 12.7 Å². The fraction of sp³-hybridized carbons (Fsp3) is 0.571. The first kappa shape index (κ1) is 15.0. The quantitative estimate of drug-likeness (QED) is 0.721. The monoisotopic (exact) mass is 253 g/mol. The molecule has 0 aliphatic carbocycles. The zero-order chi connectivity index (χ0) is 13.4. The van der Waals surface area contributed by atoms with Gasteiger partial charge in [-0.2, -0.15) is 0 Å². The summed E-state index contributed by atoms with van der Waals surface area (Å²) < 4.78 is 16.1. The molecule has 0 aliphatic heterocycles. The number of nitrogens with two attached hydrogens (primary N) is 1. The summed E-state index contributed by atoms with van der Waals surface area (Å²) in [6, 6.07) is 7.63. The molecule has 4 nitrogen and oxygen atoms in total. The van der Waals surface area contributed by atoms with Gasteiger partial charge >= 0.3 is 0 Å². The molecule has 0 saturated heterocycles. The van der Waals surface area contributed by atoms with Crippen LogP contribution in [0.3, 0.4) is 0 Å². The number of hydrogen-bond donors (Lipinski definition) is 1. The van der Waals surface area contributed by atoms with Crippen molar-refractivity contribution >= 4 is 0 Å². The molecule has 4 heteroatoms. The highest BCUT2D eigenvalue weighted by molar-refractivity contribution is 5.35. The summed E-state index contributed by atoms with van der Waals surface area (Å²) in [5.41, 5.74) is 7.08. The summed E-state index contributed by atoms with van der Waals surface area (Å²) in [5, 5.41) is 0. The third-order valence-corrected chi connectivity index (χ3v) is 2.41. The summed E-state index contributed by atoms with van der Waals surface area (Å²) in [7, 11) is 1.65. The molecule has 0 aromatic heterocycles. The van der Waals surface area contributed by atoms with Gasteiger partial charge in [-0.1, -0.05) is 18.2 Å². The highest BCUT2D eigenvalue weighted by Crippen LogP contribution is 2.24. The van der Waals surface area contributed by atoms with Crippen LogP contribution >= 0.6 is 0 Å². The molecule has 1 unspecified atom stereocenters. The van der Waals surface area contributed by atoms with E-state index in [9.17, 15) is 0 Å². The first-order valence-corrected chi connectivity index (χ1v) is 6.23. The number of para-hydroxylation sites is 1. The van der Waals surface area contributed by atoms with Gasteiger partial charge in [-0.3, -0.25) is 0 Å². The zero-order valence-electron chi connectivity index (χ0n) is 11.4. The third kappa shape index (κ3) is 5.04. The van der Waals surface area contributed by atoms with Crippen molar-refractivity contribution in [1.29, 1.82) is 0 Å². The number of ether oxygens (including phenoxy) is 3. The Morgan fingerprint density at radius 1 is 1.17 bits per heavy atom. The molecule has 0 aliphatic rings. The SMILES string of the molecule is COCCOCC(N)c1ccccc1OC(C)C. The van der Waals surface area contributed by atoms with E-state index in [1.54, 1.807) is 7.11 Å². The molecule has 0 bridgehead atoms. The second-order valence-corrected chi connectivity index (χ2v) is 4.38. The minimum absolute atomic E-state index is 0.132. The maximum Gasteiger partial charge on any atom is 0.124 e. The van der Waals surface area contributed by atoms with Crippen LogP contribution in [-0.4, -0.2) is 33.0 Å². The Morgan fingerprint density at radius 2 is 1.89 bits per heavy atom. The van der Waals surface area contributed by atoms with Gasteiger partial charge in [0.1, 0.15) is 5.75 Å². The molecule has 0 amide bonds. The lowest BCUT2D eigenvalue weighted by Gasteiger charge is -2.18. The summed E-state index contributed by atoms with van der Waals surface area (Å²) in [4.78, 5) is 0. The fourth-order valence-corrected chi connectivity index (χ4v) is 1.59. The van der Waals surface area contributed by atoms with E-state index < -0.39 is 0 Å². The van der Waals surface area contributed by atoms with E-state index in [0.717, 1.165) is 11.3 Å². The maximum absolute atomic E-state index is 6.11. The standard InChI is InChI=1S/C14H23NO3/c1-11(2)18-14-7-5-4-6-12(14)13(15)10-17-9-8-16-3/h4-7,11,13H,8-10,15H2,1-3H3. The van der Waals surface area contributed by atoms with E-state index in [0.29, 0.717) is 19.8 Å². The average Bonchev–Trinajstić information content (AvgIpc) is 2.34. The Bertz CT molecular complexity index is 342. The molecule has 18 heavy (non-hydrogen) atoms. The van der Waals surface area contributed by atoms with Crippen molar-refractivity contribution in [2.75, 3.05) is 26.9 Å². The van der Waals surface area contributed by atoms with Crippen LogP contribution in [0.2, 0.25) is 0 Å².